The average molecular weight is 514 g/mol. The number of nitrogens with two attached hydrogens (primary N) is 1. The lowest BCUT2D eigenvalue weighted by Crippen LogP contribution is -2.15. The molecule has 0 aromatic carbocycles. The third-order valence-corrected chi connectivity index (χ3v) is 3.99. The van der Waals surface area contributed by atoms with Gasteiger partial charge in [-0.05, 0) is 6.92 Å². The highest BCUT2D eigenvalue weighted by Gasteiger charge is 2.00. The standard InChI is InChI=1S/C23H47NO11/c1-2-35-23(25)3-5-26-7-9-28-11-13-30-15-17-32-19-21-34-22-20-33-18-16-31-14-12-29-10-8-27-6-4-24/h2-22,24H2,1H3. The Kier molecular flexibility index (Phi) is 30.3. The van der Waals surface area contributed by atoms with Crippen molar-refractivity contribution in [2.45, 2.75) is 13.3 Å². The first-order valence-corrected chi connectivity index (χ1v) is 12.4. The summed E-state index contributed by atoms with van der Waals surface area (Å²) in [7, 11) is 0. The molecule has 0 spiro atoms. The van der Waals surface area contributed by atoms with Crippen LogP contribution in [0, 0.1) is 0 Å². The molecule has 0 radical (unpaired) electrons. The van der Waals surface area contributed by atoms with E-state index in [0.29, 0.717) is 132 Å². The minimum atomic E-state index is -0.249. The summed E-state index contributed by atoms with van der Waals surface area (Å²) in [5.41, 5.74) is 5.31. The first-order chi connectivity index (χ1) is 17.3. The van der Waals surface area contributed by atoms with Gasteiger partial charge in [0.1, 0.15) is 0 Å². The second kappa shape index (κ2) is 31.1. The van der Waals surface area contributed by atoms with Gasteiger partial charge in [0.2, 0.25) is 0 Å². The highest BCUT2D eigenvalue weighted by Crippen LogP contribution is 1.89. The number of carbonyl (C=O) groups excluding carboxylic acids is 1. The van der Waals surface area contributed by atoms with E-state index in [0.717, 1.165) is 0 Å². The van der Waals surface area contributed by atoms with Crippen molar-refractivity contribution in [3.05, 3.63) is 0 Å². The van der Waals surface area contributed by atoms with E-state index >= 15 is 0 Å². The Hall–Kier alpha value is -0.930. The molecule has 12 heteroatoms. The molecule has 0 aromatic heterocycles. The average Bonchev–Trinajstić information content (AvgIpc) is 2.86. The van der Waals surface area contributed by atoms with E-state index in [1.54, 1.807) is 6.92 Å². The Bertz CT molecular complexity index is 419. The summed E-state index contributed by atoms with van der Waals surface area (Å²) in [6.07, 6.45) is 0.260. The molecular weight excluding hydrogens is 466 g/mol. The van der Waals surface area contributed by atoms with Gasteiger partial charge in [-0.1, -0.05) is 0 Å². The van der Waals surface area contributed by atoms with Crippen LogP contribution in [0.2, 0.25) is 0 Å². The molecule has 0 aliphatic carbocycles. The lowest BCUT2D eigenvalue weighted by atomic mass is 10.5. The summed E-state index contributed by atoms with van der Waals surface area (Å²) in [6, 6.07) is 0. The Labute approximate surface area is 209 Å². The number of carbonyl (C=O) groups is 1. The fourth-order valence-corrected chi connectivity index (χ4v) is 2.33. The predicted octanol–water partition coefficient (Wildman–Crippen LogP) is 0.0477. The maximum absolute atomic E-state index is 11.1. The van der Waals surface area contributed by atoms with Crippen molar-refractivity contribution in [3.8, 4) is 0 Å². The highest BCUT2D eigenvalue weighted by atomic mass is 16.6. The Morgan fingerprint density at radius 1 is 0.457 bits per heavy atom. The van der Waals surface area contributed by atoms with Crippen LogP contribution in [0.15, 0.2) is 0 Å². The topological polar surface area (TPSA) is 135 Å². The monoisotopic (exact) mass is 513 g/mol. The van der Waals surface area contributed by atoms with Crippen LogP contribution in [0.4, 0.5) is 0 Å². The molecule has 0 saturated heterocycles. The molecule has 0 heterocycles. The number of hydrogen-bond donors (Lipinski definition) is 1. The van der Waals surface area contributed by atoms with Gasteiger partial charge in [0, 0.05) is 6.54 Å². The minimum Gasteiger partial charge on any atom is -0.466 e. The Balaban J connectivity index is 3.04. The van der Waals surface area contributed by atoms with Crippen LogP contribution in [-0.2, 0) is 52.2 Å². The number of esters is 1. The second-order valence-electron chi connectivity index (χ2n) is 6.86. The SMILES string of the molecule is CCOC(=O)CCOCCOCCOCCOCCOCCOCCOCCOCCOCCN. The molecule has 35 heavy (non-hydrogen) atoms. The van der Waals surface area contributed by atoms with Crippen molar-refractivity contribution < 1.29 is 52.2 Å². The molecule has 0 fully saturated rings. The van der Waals surface area contributed by atoms with Crippen molar-refractivity contribution in [2.75, 3.05) is 132 Å². The number of hydrogen-bond acceptors (Lipinski definition) is 12. The summed E-state index contributed by atoms with van der Waals surface area (Å²) in [5, 5.41) is 0. The van der Waals surface area contributed by atoms with Crippen molar-refractivity contribution >= 4 is 5.97 Å². The minimum absolute atomic E-state index is 0.249. The first kappa shape index (κ1) is 34.1. The van der Waals surface area contributed by atoms with Gasteiger partial charge < -0.3 is 53.1 Å². The number of ether oxygens (including phenoxy) is 10. The Morgan fingerprint density at radius 2 is 0.714 bits per heavy atom. The van der Waals surface area contributed by atoms with Gasteiger partial charge in [-0.2, -0.15) is 0 Å². The highest BCUT2D eigenvalue weighted by molar-refractivity contribution is 5.69. The molecule has 0 aromatic rings. The summed E-state index contributed by atoms with van der Waals surface area (Å²) < 4.78 is 53.1. The molecule has 0 aliphatic rings. The van der Waals surface area contributed by atoms with Crippen molar-refractivity contribution in [3.63, 3.8) is 0 Å². The zero-order chi connectivity index (χ0) is 25.5. The maximum atomic E-state index is 11.1. The van der Waals surface area contributed by atoms with Crippen molar-refractivity contribution in [2.24, 2.45) is 5.73 Å². The molecule has 2 N–H and O–H groups in total. The van der Waals surface area contributed by atoms with E-state index in [1.807, 2.05) is 0 Å². The summed E-state index contributed by atoms with van der Waals surface area (Å²) >= 11 is 0. The van der Waals surface area contributed by atoms with E-state index in [4.69, 9.17) is 53.1 Å². The normalized spacial score (nSPS) is 11.3. The van der Waals surface area contributed by atoms with Gasteiger partial charge in [0.25, 0.3) is 0 Å². The van der Waals surface area contributed by atoms with Gasteiger partial charge in [-0.3, -0.25) is 4.79 Å². The fourth-order valence-electron chi connectivity index (χ4n) is 2.33. The molecule has 0 aliphatic heterocycles. The summed E-state index contributed by atoms with van der Waals surface area (Å²) in [6.45, 7) is 11.7. The molecule has 210 valence electrons. The zero-order valence-corrected chi connectivity index (χ0v) is 21.4. The van der Waals surface area contributed by atoms with Crippen LogP contribution >= 0.6 is 0 Å². The second-order valence-corrected chi connectivity index (χ2v) is 6.86. The molecule has 0 atom stereocenters. The van der Waals surface area contributed by atoms with Crippen LogP contribution in [0.5, 0.6) is 0 Å². The number of rotatable bonds is 30. The molecule has 0 saturated carbocycles. The van der Waals surface area contributed by atoms with E-state index in [-0.39, 0.29) is 12.4 Å². The van der Waals surface area contributed by atoms with Gasteiger partial charge in [-0.25, -0.2) is 0 Å². The van der Waals surface area contributed by atoms with Gasteiger partial charge >= 0.3 is 5.97 Å². The molecule has 0 rings (SSSR count). The lowest BCUT2D eigenvalue weighted by molar-refractivity contribution is -0.144. The van der Waals surface area contributed by atoms with Crippen LogP contribution in [0.25, 0.3) is 0 Å². The largest absolute Gasteiger partial charge is 0.466 e. The van der Waals surface area contributed by atoms with E-state index in [2.05, 4.69) is 0 Å². The summed E-state index contributed by atoms with van der Waals surface area (Å²) in [5.74, 6) is -0.249. The van der Waals surface area contributed by atoms with Gasteiger partial charge in [-0.15, -0.1) is 0 Å². The third-order valence-electron chi connectivity index (χ3n) is 3.99. The van der Waals surface area contributed by atoms with Crippen LogP contribution in [-0.4, -0.2) is 138 Å². The van der Waals surface area contributed by atoms with E-state index < -0.39 is 0 Å². The van der Waals surface area contributed by atoms with Crippen molar-refractivity contribution in [1.29, 1.82) is 0 Å². The maximum Gasteiger partial charge on any atom is 0.308 e. The summed E-state index contributed by atoms with van der Waals surface area (Å²) in [4.78, 5) is 11.1. The molecule has 0 amide bonds. The molecule has 0 bridgehead atoms. The van der Waals surface area contributed by atoms with Gasteiger partial charge in [0.05, 0.1) is 132 Å². The predicted molar refractivity (Wildman–Crippen MR) is 128 cm³/mol. The van der Waals surface area contributed by atoms with Crippen LogP contribution in [0.1, 0.15) is 13.3 Å². The Morgan fingerprint density at radius 3 is 0.971 bits per heavy atom. The lowest BCUT2D eigenvalue weighted by Gasteiger charge is -2.09. The quantitative estimate of drug-likeness (QED) is 0.103. The molecular formula is C23H47NO11. The third kappa shape index (κ3) is 31.0. The van der Waals surface area contributed by atoms with Crippen LogP contribution in [0.3, 0.4) is 0 Å². The van der Waals surface area contributed by atoms with Crippen molar-refractivity contribution in [1.82, 2.24) is 0 Å². The molecule has 12 nitrogen and oxygen atoms in total. The molecule has 0 unspecified atom stereocenters. The van der Waals surface area contributed by atoms with Gasteiger partial charge in [0.15, 0.2) is 0 Å². The van der Waals surface area contributed by atoms with E-state index in [9.17, 15) is 4.79 Å². The van der Waals surface area contributed by atoms with E-state index in [1.165, 1.54) is 0 Å². The van der Waals surface area contributed by atoms with Crippen LogP contribution < -0.4 is 5.73 Å². The smallest absolute Gasteiger partial charge is 0.308 e. The zero-order valence-electron chi connectivity index (χ0n) is 21.4. The fraction of sp³-hybridized carbons (Fsp3) is 0.957. The first-order valence-electron chi connectivity index (χ1n) is 12.4.